The van der Waals surface area contributed by atoms with Gasteiger partial charge in [0.05, 0.1) is 7.11 Å². The molecule has 0 aliphatic rings. The van der Waals surface area contributed by atoms with Gasteiger partial charge in [-0.1, -0.05) is 27.7 Å². The average Bonchev–Trinajstić information content (AvgIpc) is 2.50. The Hall–Kier alpha value is -1.59. The van der Waals surface area contributed by atoms with Crippen LogP contribution in [-0.2, 0) is 0 Å². The van der Waals surface area contributed by atoms with Crippen LogP contribution >= 0.6 is 0 Å². The minimum absolute atomic E-state index is 0.0222. The second-order valence-corrected chi connectivity index (χ2v) is 4.86. The Balaban J connectivity index is 2.98. The number of hydrogen-bond donors (Lipinski definition) is 2. The Morgan fingerprint density at radius 3 is 2.05 bits per heavy atom. The molecule has 0 saturated heterocycles. The van der Waals surface area contributed by atoms with Crippen molar-refractivity contribution in [3.05, 3.63) is 0 Å². The van der Waals surface area contributed by atoms with Crippen LogP contribution in [0, 0.1) is 0 Å². The van der Waals surface area contributed by atoms with Gasteiger partial charge in [0.25, 0.3) is 0 Å². The van der Waals surface area contributed by atoms with E-state index in [4.69, 9.17) is 4.74 Å². The average molecular weight is 281 g/mol. The Morgan fingerprint density at radius 1 is 0.950 bits per heavy atom. The van der Waals surface area contributed by atoms with Crippen molar-refractivity contribution in [3.63, 3.8) is 0 Å². The fourth-order valence-corrected chi connectivity index (χ4v) is 2.07. The Bertz CT molecular complexity index is 398. The summed E-state index contributed by atoms with van der Waals surface area (Å²) in [5.74, 6) is 1.12. The predicted molar refractivity (Wildman–Crippen MR) is 82.4 cm³/mol. The number of rotatable bonds is 9. The first-order valence-corrected chi connectivity index (χ1v) is 7.45. The largest absolute Gasteiger partial charge is 0.467 e. The zero-order valence-electron chi connectivity index (χ0n) is 13.3. The lowest BCUT2D eigenvalue weighted by molar-refractivity contribution is 0.376. The van der Waals surface area contributed by atoms with Gasteiger partial charge in [0.2, 0.25) is 11.9 Å². The van der Waals surface area contributed by atoms with Gasteiger partial charge in [-0.05, 0) is 25.7 Å². The third-order valence-electron chi connectivity index (χ3n) is 3.74. The van der Waals surface area contributed by atoms with Crippen molar-refractivity contribution in [1.29, 1.82) is 0 Å². The molecule has 1 aromatic rings. The Morgan fingerprint density at radius 2 is 1.55 bits per heavy atom. The van der Waals surface area contributed by atoms with Crippen molar-refractivity contribution in [2.75, 3.05) is 24.3 Å². The van der Waals surface area contributed by atoms with Crippen molar-refractivity contribution < 1.29 is 4.74 Å². The summed E-state index contributed by atoms with van der Waals surface area (Å²) < 4.78 is 5.15. The second kappa shape index (κ2) is 7.87. The van der Waals surface area contributed by atoms with Crippen LogP contribution in [0.1, 0.15) is 53.4 Å². The molecule has 0 fully saturated rings. The number of anilines is 2. The van der Waals surface area contributed by atoms with Gasteiger partial charge in [0.15, 0.2) is 0 Å². The first-order chi connectivity index (χ1) is 9.62. The molecule has 0 spiro atoms. The third-order valence-corrected chi connectivity index (χ3v) is 3.74. The van der Waals surface area contributed by atoms with E-state index in [-0.39, 0.29) is 5.54 Å². The maximum atomic E-state index is 5.15. The molecular weight excluding hydrogens is 254 g/mol. The summed E-state index contributed by atoms with van der Waals surface area (Å²) in [4.78, 5) is 12.9. The number of methoxy groups -OCH3 is 1. The minimum atomic E-state index is 0.0222. The van der Waals surface area contributed by atoms with E-state index in [1.165, 1.54) is 0 Å². The van der Waals surface area contributed by atoms with E-state index < -0.39 is 0 Å². The molecule has 0 aromatic carbocycles. The van der Waals surface area contributed by atoms with Crippen molar-refractivity contribution in [3.8, 4) is 6.01 Å². The third kappa shape index (κ3) is 4.21. The molecule has 2 N–H and O–H groups in total. The molecule has 0 amide bonds. The highest BCUT2D eigenvalue weighted by Crippen LogP contribution is 2.24. The predicted octanol–water partition coefficient (Wildman–Crippen LogP) is 3.08. The summed E-state index contributed by atoms with van der Waals surface area (Å²) in [7, 11) is 1.56. The van der Waals surface area contributed by atoms with Gasteiger partial charge in [0.1, 0.15) is 0 Å². The van der Waals surface area contributed by atoms with Gasteiger partial charge in [-0.2, -0.15) is 15.0 Å². The number of hydrogen-bond acceptors (Lipinski definition) is 6. The van der Waals surface area contributed by atoms with E-state index in [2.05, 4.69) is 53.3 Å². The van der Waals surface area contributed by atoms with Crippen LogP contribution in [0.25, 0.3) is 0 Å². The van der Waals surface area contributed by atoms with E-state index >= 15 is 0 Å². The number of ether oxygens (including phenoxy) is 1. The maximum Gasteiger partial charge on any atom is 0.322 e. The van der Waals surface area contributed by atoms with Crippen LogP contribution in [0.4, 0.5) is 11.9 Å². The number of nitrogens with zero attached hydrogens (tertiary/aromatic N) is 3. The Kier molecular flexibility index (Phi) is 6.48. The molecule has 0 atom stereocenters. The zero-order chi connectivity index (χ0) is 15.0. The topological polar surface area (TPSA) is 72.0 Å². The second-order valence-electron chi connectivity index (χ2n) is 4.86. The van der Waals surface area contributed by atoms with Gasteiger partial charge in [-0.3, -0.25) is 0 Å². The SMILES string of the molecule is CCCNc1nc(NC(CC)(CC)CC)nc(OC)n1. The van der Waals surface area contributed by atoms with Crippen LogP contribution < -0.4 is 15.4 Å². The molecule has 1 heterocycles. The monoisotopic (exact) mass is 281 g/mol. The van der Waals surface area contributed by atoms with Crippen LogP contribution in [-0.4, -0.2) is 34.1 Å². The first kappa shape index (κ1) is 16.5. The highest BCUT2D eigenvalue weighted by atomic mass is 16.5. The molecule has 0 saturated carbocycles. The minimum Gasteiger partial charge on any atom is -0.467 e. The van der Waals surface area contributed by atoms with Crippen LogP contribution in [0.15, 0.2) is 0 Å². The summed E-state index contributed by atoms with van der Waals surface area (Å²) >= 11 is 0. The normalized spacial score (nSPS) is 11.2. The molecule has 6 nitrogen and oxygen atoms in total. The van der Waals surface area contributed by atoms with Crippen molar-refractivity contribution in [2.24, 2.45) is 0 Å². The highest BCUT2D eigenvalue weighted by molar-refractivity contribution is 5.38. The fraction of sp³-hybridized carbons (Fsp3) is 0.786. The molecular formula is C14H27N5O. The summed E-state index contributed by atoms with van der Waals surface area (Å²) in [6.45, 7) is 9.45. The summed E-state index contributed by atoms with van der Waals surface area (Å²) in [6, 6.07) is 0.332. The van der Waals surface area contributed by atoms with Gasteiger partial charge < -0.3 is 15.4 Å². The number of aromatic nitrogens is 3. The molecule has 0 bridgehead atoms. The molecule has 20 heavy (non-hydrogen) atoms. The number of nitrogens with one attached hydrogen (secondary N) is 2. The van der Waals surface area contributed by atoms with Crippen LogP contribution in [0.2, 0.25) is 0 Å². The molecule has 1 aromatic heterocycles. The van der Waals surface area contributed by atoms with E-state index in [1.807, 2.05) is 0 Å². The molecule has 6 heteroatoms. The summed E-state index contributed by atoms with van der Waals surface area (Å²) in [6.07, 6.45) is 4.07. The van der Waals surface area contributed by atoms with Gasteiger partial charge >= 0.3 is 6.01 Å². The molecule has 1 rings (SSSR count). The van der Waals surface area contributed by atoms with Gasteiger partial charge in [-0.15, -0.1) is 0 Å². The molecule has 114 valence electrons. The zero-order valence-corrected chi connectivity index (χ0v) is 13.3. The smallest absolute Gasteiger partial charge is 0.322 e. The van der Waals surface area contributed by atoms with Crippen LogP contribution in [0.3, 0.4) is 0 Å². The molecule has 0 radical (unpaired) electrons. The van der Waals surface area contributed by atoms with E-state index in [0.717, 1.165) is 32.2 Å². The van der Waals surface area contributed by atoms with Crippen molar-refractivity contribution in [2.45, 2.75) is 58.9 Å². The molecule has 0 aliphatic carbocycles. The standard InChI is InChI=1S/C14H27N5O/c1-6-10-15-11-16-12(18-13(17-11)20-5)19-14(7-2,8-3)9-4/h6-10H2,1-5H3,(H2,15,16,17,18,19). The maximum absolute atomic E-state index is 5.15. The summed E-state index contributed by atoms with van der Waals surface area (Å²) in [5.41, 5.74) is 0.0222. The lowest BCUT2D eigenvalue weighted by Gasteiger charge is -2.31. The lowest BCUT2D eigenvalue weighted by atomic mass is 9.90. The Labute approximate surface area is 121 Å². The van der Waals surface area contributed by atoms with Crippen LogP contribution in [0.5, 0.6) is 6.01 Å². The van der Waals surface area contributed by atoms with E-state index in [1.54, 1.807) is 7.11 Å². The quantitative estimate of drug-likeness (QED) is 0.724. The molecule has 0 aliphatic heterocycles. The molecule has 0 unspecified atom stereocenters. The lowest BCUT2D eigenvalue weighted by Crippen LogP contribution is -2.37. The summed E-state index contributed by atoms with van der Waals surface area (Å²) in [5, 5.41) is 6.62. The van der Waals surface area contributed by atoms with Gasteiger partial charge in [0, 0.05) is 12.1 Å². The van der Waals surface area contributed by atoms with Gasteiger partial charge in [-0.25, -0.2) is 0 Å². The fourth-order valence-electron chi connectivity index (χ4n) is 2.07. The van der Waals surface area contributed by atoms with Crippen molar-refractivity contribution >= 4 is 11.9 Å². The van der Waals surface area contributed by atoms with Crippen molar-refractivity contribution in [1.82, 2.24) is 15.0 Å². The highest BCUT2D eigenvalue weighted by Gasteiger charge is 2.25. The van der Waals surface area contributed by atoms with E-state index in [9.17, 15) is 0 Å². The van der Waals surface area contributed by atoms with E-state index in [0.29, 0.717) is 17.9 Å². The first-order valence-electron chi connectivity index (χ1n) is 7.45.